The summed E-state index contributed by atoms with van der Waals surface area (Å²) >= 11 is 1.34. The fourth-order valence-electron chi connectivity index (χ4n) is 3.42. The van der Waals surface area contributed by atoms with Crippen molar-refractivity contribution in [2.24, 2.45) is 5.10 Å². The van der Waals surface area contributed by atoms with Crippen LogP contribution in [0.3, 0.4) is 0 Å². The number of thioether (sulfide) groups is 1. The first-order chi connectivity index (χ1) is 17.0. The molecule has 0 aliphatic rings. The molecule has 0 bridgehead atoms. The van der Waals surface area contributed by atoms with Gasteiger partial charge in [0.05, 0.1) is 18.0 Å². The van der Waals surface area contributed by atoms with E-state index in [1.807, 2.05) is 54.0 Å². The molecular formula is C26H33N7OS. The van der Waals surface area contributed by atoms with Gasteiger partial charge in [0.15, 0.2) is 11.0 Å². The molecular weight excluding hydrogens is 458 g/mol. The SMILES string of the molecule is C=CCn1c(CNc2ccccc2)nnc1S[C@H](C)C(=O)NN=Cc1ccc(N(CC)CC)cc1. The third kappa shape index (κ3) is 7.45. The van der Waals surface area contributed by atoms with Gasteiger partial charge in [0.1, 0.15) is 0 Å². The molecule has 2 aromatic carbocycles. The van der Waals surface area contributed by atoms with E-state index in [0.717, 1.165) is 30.2 Å². The van der Waals surface area contributed by atoms with Crippen LogP contribution >= 0.6 is 11.8 Å². The number of hydrogen-bond acceptors (Lipinski definition) is 7. The maximum absolute atomic E-state index is 12.6. The minimum absolute atomic E-state index is 0.205. The Balaban J connectivity index is 1.56. The Bertz CT molecular complexity index is 1110. The molecule has 0 unspecified atom stereocenters. The number of carbonyl (C=O) groups is 1. The van der Waals surface area contributed by atoms with Crippen LogP contribution in [-0.4, -0.2) is 45.2 Å². The van der Waals surface area contributed by atoms with Gasteiger partial charge in [-0.25, -0.2) is 5.43 Å². The van der Waals surface area contributed by atoms with Crippen LogP contribution in [0, 0.1) is 0 Å². The molecule has 2 N–H and O–H groups in total. The van der Waals surface area contributed by atoms with Crippen LogP contribution in [0.15, 0.2) is 77.5 Å². The van der Waals surface area contributed by atoms with E-state index in [1.54, 1.807) is 12.3 Å². The highest BCUT2D eigenvalue weighted by Gasteiger charge is 2.19. The van der Waals surface area contributed by atoms with Gasteiger partial charge in [-0.1, -0.05) is 48.2 Å². The Labute approximate surface area is 211 Å². The summed E-state index contributed by atoms with van der Waals surface area (Å²) in [5, 5.41) is 16.3. The Morgan fingerprint density at radius 2 is 1.86 bits per heavy atom. The van der Waals surface area contributed by atoms with Crippen molar-refractivity contribution >= 4 is 35.3 Å². The minimum Gasteiger partial charge on any atom is -0.378 e. The van der Waals surface area contributed by atoms with Crippen molar-refractivity contribution in [1.29, 1.82) is 0 Å². The average molecular weight is 492 g/mol. The molecule has 3 rings (SSSR count). The van der Waals surface area contributed by atoms with Crippen molar-refractivity contribution in [1.82, 2.24) is 20.2 Å². The van der Waals surface area contributed by atoms with Gasteiger partial charge in [-0.15, -0.1) is 16.8 Å². The van der Waals surface area contributed by atoms with Crippen LogP contribution in [0.4, 0.5) is 11.4 Å². The third-order valence-corrected chi connectivity index (χ3v) is 6.47. The minimum atomic E-state index is -0.403. The molecule has 0 aliphatic heterocycles. The first-order valence-electron chi connectivity index (χ1n) is 11.7. The first-order valence-corrected chi connectivity index (χ1v) is 12.6. The van der Waals surface area contributed by atoms with Crippen molar-refractivity contribution in [2.45, 2.75) is 44.3 Å². The highest BCUT2D eigenvalue weighted by Crippen LogP contribution is 2.23. The summed E-state index contributed by atoms with van der Waals surface area (Å²) < 4.78 is 1.96. The maximum Gasteiger partial charge on any atom is 0.253 e. The molecule has 0 fully saturated rings. The lowest BCUT2D eigenvalue weighted by molar-refractivity contribution is -0.120. The predicted octanol–water partition coefficient (Wildman–Crippen LogP) is 4.55. The van der Waals surface area contributed by atoms with Crippen molar-refractivity contribution < 1.29 is 4.79 Å². The van der Waals surface area contributed by atoms with Gasteiger partial charge in [0.25, 0.3) is 5.91 Å². The lowest BCUT2D eigenvalue weighted by Gasteiger charge is -2.20. The molecule has 1 amide bonds. The smallest absolute Gasteiger partial charge is 0.253 e. The summed E-state index contributed by atoms with van der Waals surface area (Å²) in [5.74, 6) is 0.568. The molecule has 3 aromatic rings. The molecule has 0 radical (unpaired) electrons. The van der Waals surface area contributed by atoms with Crippen LogP contribution in [0.1, 0.15) is 32.2 Å². The molecule has 0 spiro atoms. The van der Waals surface area contributed by atoms with Gasteiger partial charge in [-0.3, -0.25) is 4.79 Å². The maximum atomic E-state index is 12.6. The van der Waals surface area contributed by atoms with Crippen molar-refractivity contribution in [3.8, 4) is 0 Å². The highest BCUT2D eigenvalue weighted by atomic mass is 32.2. The van der Waals surface area contributed by atoms with Gasteiger partial charge in [-0.2, -0.15) is 5.10 Å². The lowest BCUT2D eigenvalue weighted by Crippen LogP contribution is -2.27. The van der Waals surface area contributed by atoms with E-state index in [-0.39, 0.29) is 5.91 Å². The van der Waals surface area contributed by atoms with Crippen molar-refractivity contribution in [3.63, 3.8) is 0 Å². The molecule has 1 heterocycles. The van der Waals surface area contributed by atoms with E-state index in [9.17, 15) is 4.79 Å². The summed E-state index contributed by atoms with van der Waals surface area (Å²) in [6.07, 6.45) is 3.44. The largest absolute Gasteiger partial charge is 0.378 e. The van der Waals surface area contributed by atoms with Gasteiger partial charge < -0.3 is 14.8 Å². The molecule has 0 saturated carbocycles. The normalized spacial score (nSPS) is 11.9. The monoisotopic (exact) mass is 491 g/mol. The van der Waals surface area contributed by atoms with Crippen LogP contribution < -0.4 is 15.6 Å². The Morgan fingerprint density at radius 1 is 1.14 bits per heavy atom. The topological polar surface area (TPSA) is 87.4 Å². The van der Waals surface area contributed by atoms with E-state index in [0.29, 0.717) is 18.2 Å². The molecule has 9 heteroatoms. The molecule has 1 atom stereocenters. The first kappa shape index (κ1) is 26.0. The molecule has 0 saturated heterocycles. The third-order valence-electron chi connectivity index (χ3n) is 5.39. The Kier molecular flexibility index (Phi) is 9.92. The van der Waals surface area contributed by atoms with E-state index < -0.39 is 5.25 Å². The molecule has 0 aliphatic carbocycles. The number of amides is 1. The number of nitrogens with zero attached hydrogens (tertiary/aromatic N) is 5. The van der Waals surface area contributed by atoms with E-state index in [1.165, 1.54) is 17.4 Å². The number of benzene rings is 2. The summed E-state index contributed by atoms with van der Waals surface area (Å²) in [7, 11) is 0. The van der Waals surface area contributed by atoms with Gasteiger partial charge in [0, 0.05) is 31.0 Å². The van der Waals surface area contributed by atoms with Crippen LogP contribution in [0.5, 0.6) is 0 Å². The number of carbonyl (C=O) groups excluding carboxylic acids is 1. The lowest BCUT2D eigenvalue weighted by atomic mass is 10.2. The molecule has 184 valence electrons. The quantitative estimate of drug-likeness (QED) is 0.158. The molecule has 35 heavy (non-hydrogen) atoms. The number of anilines is 2. The number of nitrogens with one attached hydrogen (secondary N) is 2. The van der Waals surface area contributed by atoms with Crippen LogP contribution in [0.25, 0.3) is 0 Å². The second-order valence-electron chi connectivity index (χ2n) is 7.78. The van der Waals surface area contributed by atoms with Crippen LogP contribution in [-0.2, 0) is 17.9 Å². The fourth-order valence-corrected chi connectivity index (χ4v) is 4.29. The van der Waals surface area contributed by atoms with Crippen molar-refractivity contribution in [3.05, 3.63) is 78.6 Å². The zero-order valence-electron chi connectivity index (χ0n) is 20.5. The zero-order chi connectivity index (χ0) is 25.0. The summed E-state index contributed by atoms with van der Waals surface area (Å²) in [5.41, 5.74) is 5.72. The van der Waals surface area contributed by atoms with E-state index in [4.69, 9.17) is 0 Å². The molecule has 1 aromatic heterocycles. The van der Waals surface area contributed by atoms with E-state index >= 15 is 0 Å². The Hall–Kier alpha value is -3.59. The van der Waals surface area contributed by atoms with Gasteiger partial charge in [0.2, 0.25) is 0 Å². The zero-order valence-corrected chi connectivity index (χ0v) is 21.3. The number of allylic oxidation sites excluding steroid dienone is 1. The second-order valence-corrected chi connectivity index (χ2v) is 9.08. The van der Waals surface area contributed by atoms with Crippen molar-refractivity contribution in [2.75, 3.05) is 23.3 Å². The second kappa shape index (κ2) is 13.3. The van der Waals surface area contributed by atoms with Gasteiger partial charge in [-0.05, 0) is 50.6 Å². The number of rotatable bonds is 13. The summed E-state index contributed by atoms with van der Waals surface area (Å²) in [4.78, 5) is 14.9. The van der Waals surface area contributed by atoms with E-state index in [2.05, 4.69) is 63.5 Å². The standard InChI is InChI=1S/C26H33N7OS/c1-5-17-33-24(19-27-22-11-9-8-10-12-22)29-31-26(33)35-20(4)25(34)30-28-18-21-13-15-23(16-14-21)32(6-2)7-3/h5,8-16,18,20,27H,1,6-7,17,19H2,2-4H3,(H,30,34)/t20-/m1/s1. The van der Waals surface area contributed by atoms with Crippen LogP contribution in [0.2, 0.25) is 0 Å². The number of hydrogen-bond donors (Lipinski definition) is 2. The number of para-hydroxylation sites is 1. The number of aromatic nitrogens is 3. The highest BCUT2D eigenvalue weighted by molar-refractivity contribution is 8.00. The Morgan fingerprint density at radius 3 is 2.51 bits per heavy atom. The van der Waals surface area contributed by atoms with Gasteiger partial charge >= 0.3 is 0 Å². The summed E-state index contributed by atoms with van der Waals surface area (Å²) in [6, 6.07) is 18.0. The summed E-state index contributed by atoms with van der Waals surface area (Å²) in [6.45, 7) is 12.9. The molecule has 8 nitrogen and oxygen atoms in total. The average Bonchev–Trinajstić information content (AvgIpc) is 3.26. The number of hydrazone groups is 1. The predicted molar refractivity (Wildman–Crippen MR) is 145 cm³/mol. The fraction of sp³-hybridized carbons (Fsp3) is 0.308.